The van der Waals surface area contributed by atoms with Crippen LogP contribution in [0, 0.1) is 0 Å². The molecule has 0 saturated carbocycles. The van der Waals surface area contributed by atoms with Gasteiger partial charge in [-0.25, -0.2) is 0 Å². The van der Waals surface area contributed by atoms with E-state index in [9.17, 15) is 4.89 Å². The molecule has 0 bridgehead atoms. The van der Waals surface area contributed by atoms with Crippen LogP contribution in [0.5, 0.6) is 0 Å². The van der Waals surface area contributed by atoms with E-state index in [-0.39, 0.29) is 14.0 Å². The molecule has 0 aromatic rings. The van der Waals surface area contributed by atoms with Crippen molar-refractivity contribution >= 4 is 8.81 Å². The van der Waals surface area contributed by atoms with Gasteiger partial charge in [0.25, 0.3) is 0 Å². The number of hydrogen-bond donors (Lipinski definition) is 1. The molecule has 0 aliphatic carbocycles. The Hall–Kier alpha value is 0.390. The zero-order valence-corrected chi connectivity index (χ0v) is 9.69. The van der Waals surface area contributed by atoms with Gasteiger partial charge in [0, 0.05) is 14.0 Å². The minimum atomic E-state index is 0.122. The molecule has 1 N–H and O–H groups in total. The van der Waals surface area contributed by atoms with Gasteiger partial charge < -0.3 is 4.89 Å². The van der Waals surface area contributed by atoms with Gasteiger partial charge in [-0.15, -0.1) is 0 Å². The van der Waals surface area contributed by atoms with Crippen LogP contribution in [0.25, 0.3) is 0 Å². The van der Waals surface area contributed by atoms with Gasteiger partial charge in [0.15, 0.2) is 0 Å². The molecule has 0 aromatic heterocycles. The van der Waals surface area contributed by atoms with Crippen LogP contribution in [-0.2, 0) is 0 Å². The first kappa shape index (κ1) is 12.4. The minimum absolute atomic E-state index is 0.122. The lowest BCUT2D eigenvalue weighted by Gasteiger charge is -2.26. The molecule has 1 atom stereocenters. The van der Waals surface area contributed by atoms with Crippen molar-refractivity contribution in [2.45, 2.75) is 64.5 Å². The topological polar surface area (TPSA) is 20.2 Å². The maximum absolute atomic E-state index is 9.27. The highest BCUT2D eigenvalue weighted by molar-refractivity contribution is 7.33. The van der Waals surface area contributed by atoms with Crippen molar-refractivity contribution in [1.82, 2.24) is 0 Å². The maximum Gasteiger partial charge on any atom is 0.0167 e. The zero-order valence-electron chi connectivity index (χ0n) is 8.69. The van der Waals surface area contributed by atoms with E-state index >= 15 is 0 Å². The van der Waals surface area contributed by atoms with Crippen LogP contribution in [0.4, 0.5) is 0 Å². The molecule has 1 unspecified atom stereocenters. The van der Waals surface area contributed by atoms with Gasteiger partial charge in [-0.2, -0.15) is 0 Å². The van der Waals surface area contributed by atoms with Crippen LogP contribution in [0.15, 0.2) is 0 Å². The Balaban J connectivity index is 3.70. The van der Waals surface area contributed by atoms with Gasteiger partial charge in [-0.05, 0) is 12.8 Å². The third kappa shape index (κ3) is 5.11. The first-order valence-corrected chi connectivity index (χ1v) is 6.04. The Morgan fingerprint density at radius 3 is 1.75 bits per heavy atom. The Kier molecular flexibility index (Phi) is 7.08. The average molecular weight is 190 g/mol. The molecule has 0 amide bonds. The first-order chi connectivity index (χ1) is 5.68. The van der Waals surface area contributed by atoms with Crippen molar-refractivity contribution in [2.24, 2.45) is 0 Å². The molecular formula is C10H23OP. The van der Waals surface area contributed by atoms with E-state index in [0.717, 1.165) is 0 Å². The molecule has 1 nitrogen and oxygen atoms in total. The summed E-state index contributed by atoms with van der Waals surface area (Å²) in [4.78, 5) is 9.27. The van der Waals surface area contributed by atoms with Gasteiger partial charge >= 0.3 is 0 Å². The van der Waals surface area contributed by atoms with Crippen LogP contribution >= 0.6 is 8.81 Å². The summed E-state index contributed by atoms with van der Waals surface area (Å²) < 4.78 is 0. The molecule has 0 saturated heterocycles. The Morgan fingerprint density at radius 2 is 1.50 bits per heavy atom. The van der Waals surface area contributed by atoms with Gasteiger partial charge in [0.1, 0.15) is 0 Å². The molecular weight excluding hydrogens is 167 g/mol. The fourth-order valence-corrected chi connectivity index (χ4v) is 1.95. The summed E-state index contributed by atoms with van der Waals surface area (Å²) >= 11 is 0. The largest absolute Gasteiger partial charge is 0.376 e. The molecule has 2 heteroatoms. The van der Waals surface area contributed by atoms with Crippen LogP contribution in [0.2, 0.25) is 0 Å². The summed E-state index contributed by atoms with van der Waals surface area (Å²) in [5, 5.41) is 0.228. The zero-order chi connectivity index (χ0) is 9.45. The summed E-state index contributed by atoms with van der Waals surface area (Å²) in [6.45, 7) is 6.64. The second-order valence-electron chi connectivity index (χ2n) is 3.88. The summed E-state index contributed by atoms with van der Waals surface area (Å²) in [6, 6.07) is 0. The molecule has 0 spiro atoms. The third-order valence-electron chi connectivity index (χ3n) is 2.43. The maximum atomic E-state index is 9.27. The predicted octanol–water partition coefficient (Wildman–Crippen LogP) is 3.71. The summed E-state index contributed by atoms with van der Waals surface area (Å²) in [7, 11) is 0.122. The fourth-order valence-electron chi connectivity index (χ4n) is 1.37. The minimum Gasteiger partial charge on any atom is -0.376 e. The highest BCUT2D eigenvalue weighted by Crippen LogP contribution is 2.37. The molecule has 0 fully saturated rings. The Bertz CT molecular complexity index is 96.0. The van der Waals surface area contributed by atoms with E-state index in [1.807, 2.05) is 0 Å². The summed E-state index contributed by atoms with van der Waals surface area (Å²) in [5.41, 5.74) is 0. The second kappa shape index (κ2) is 6.86. The fraction of sp³-hybridized carbons (Fsp3) is 1.00. The van der Waals surface area contributed by atoms with Crippen LogP contribution in [0.1, 0.15) is 59.3 Å². The Labute approximate surface area is 78.8 Å². The first-order valence-electron chi connectivity index (χ1n) is 5.09. The lowest BCUT2D eigenvalue weighted by atomic mass is 9.97. The molecule has 0 aliphatic heterocycles. The molecule has 0 heterocycles. The SMILES string of the molecule is CCCCC(C)(CCCC)PO. The monoisotopic (exact) mass is 190 g/mol. The second-order valence-corrected chi connectivity index (χ2v) is 5.31. The average Bonchev–Trinajstić information content (AvgIpc) is 2.11. The van der Waals surface area contributed by atoms with Crippen molar-refractivity contribution in [1.29, 1.82) is 0 Å². The molecule has 0 aliphatic rings. The molecule has 74 valence electrons. The van der Waals surface area contributed by atoms with Crippen LogP contribution in [0.3, 0.4) is 0 Å². The predicted molar refractivity (Wildman–Crippen MR) is 58.0 cm³/mol. The Morgan fingerprint density at radius 1 is 1.08 bits per heavy atom. The van der Waals surface area contributed by atoms with Crippen molar-refractivity contribution in [3.05, 3.63) is 0 Å². The van der Waals surface area contributed by atoms with Gasteiger partial charge in [-0.1, -0.05) is 46.5 Å². The van der Waals surface area contributed by atoms with Crippen molar-refractivity contribution < 1.29 is 4.89 Å². The smallest absolute Gasteiger partial charge is 0.0167 e. The van der Waals surface area contributed by atoms with E-state index in [2.05, 4.69) is 20.8 Å². The quantitative estimate of drug-likeness (QED) is 0.607. The van der Waals surface area contributed by atoms with E-state index in [1.54, 1.807) is 0 Å². The van der Waals surface area contributed by atoms with E-state index in [0.29, 0.717) is 0 Å². The van der Waals surface area contributed by atoms with Crippen LogP contribution in [-0.4, -0.2) is 10.0 Å². The summed E-state index contributed by atoms with van der Waals surface area (Å²) in [6.07, 6.45) is 7.39. The van der Waals surface area contributed by atoms with Crippen molar-refractivity contribution in [3.8, 4) is 0 Å². The standard InChI is InChI=1S/C10H23OP/c1-4-6-8-10(3,12-11)9-7-5-2/h11-12H,4-9H2,1-3H3. The van der Waals surface area contributed by atoms with Gasteiger partial charge in [0.05, 0.1) is 0 Å². The van der Waals surface area contributed by atoms with Crippen LogP contribution < -0.4 is 0 Å². The lowest BCUT2D eigenvalue weighted by molar-refractivity contribution is 0.463. The number of hydrogen-bond acceptors (Lipinski definition) is 1. The third-order valence-corrected chi connectivity index (χ3v) is 3.47. The number of unbranched alkanes of at least 4 members (excludes halogenated alkanes) is 2. The van der Waals surface area contributed by atoms with E-state index in [4.69, 9.17) is 0 Å². The highest BCUT2D eigenvalue weighted by atomic mass is 31.1. The van der Waals surface area contributed by atoms with E-state index < -0.39 is 0 Å². The molecule has 0 radical (unpaired) electrons. The van der Waals surface area contributed by atoms with Crippen molar-refractivity contribution in [2.75, 3.05) is 0 Å². The molecule has 12 heavy (non-hydrogen) atoms. The van der Waals surface area contributed by atoms with Gasteiger partial charge in [-0.3, -0.25) is 0 Å². The summed E-state index contributed by atoms with van der Waals surface area (Å²) in [5.74, 6) is 0. The number of rotatable bonds is 7. The van der Waals surface area contributed by atoms with Crippen molar-refractivity contribution in [3.63, 3.8) is 0 Å². The normalized spacial score (nSPS) is 13.0. The molecule has 0 aromatic carbocycles. The van der Waals surface area contributed by atoms with Gasteiger partial charge in [0.2, 0.25) is 0 Å². The molecule has 0 rings (SSSR count). The lowest BCUT2D eigenvalue weighted by Crippen LogP contribution is -2.17. The van der Waals surface area contributed by atoms with E-state index in [1.165, 1.54) is 38.5 Å². The highest BCUT2D eigenvalue weighted by Gasteiger charge is 2.21.